The van der Waals surface area contributed by atoms with E-state index in [0.29, 0.717) is 17.1 Å². The molecular weight excluding hydrogens is 446 g/mol. The van der Waals surface area contributed by atoms with Gasteiger partial charge in [-0.05, 0) is 67.6 Å². The molecule has 0 saturated heterocycles. The number of H-pyrrole nitrogens is 1. The molecule has 0 unspecified atom stereocenters. The Morgan fingerprint density at radius 1 is 0.943 bits per heavy atom. The predicted molar refractivity (Wildman–Crippen MR) is 133 cm³/mol. The number of fused-ring (bicyclic) bond motifs is 1. The molecule has 0 aliphatic rings. The second kappa shape index (κ2) is 9.38. The number of aryl methyl sites for hydroxylation is 1. The number of aromatic nitrogens is 2. The third-order valence-corrected chi connectivity index (χ3v) is 5.83. The molecule has 5 rings (SSSR count). The van der Waals surface area contributed by atoms with Crippen LogP contribution in [0.1, 0.15) is 33.4 Å². The fourth-order valence-corrected chi connectivity index (χ4v) is 4.20. The van der Waals surface area contributed by atoms with Gasteiger partial charge in [0.15, 0.2) is 0 Å². The minimum Gasteiger partial charge on any atom is -0.370 e. The number of aromatic amines is 1. The van der Waals surface area contributed by atoms with Crippen molar-refractivity contribution in [3.05, 3.63) is 125 Å². The fraction of sp³-hybridized carbons (Fsp3) is 0.0714. The maximum atomic E-state index is 14.6. The molecule has 7 heteroatoms. The molecule has 1 amide bonds. The lowest BCUT2D eigenvalue weighted by atomic mass is 9.98. The van der Waals surface area contributed by atoms with Gasteiger partial charge in [-0.25, -0.2) is 8.78 Å². The zero-order valence-electron chi connectivity index (χ0n) is 18.8. The van der Waals surface area contributed by atoms with Crippen molar-refractivity contribution in [2.24, 2.45) is 0 Å². The Labute approximate surface area is 200 Å². The fourth-order valence-electron chi connectivity index (χ4n) is 4.20. The van der Waals surface area contributed by atoms with Gasteiger partial charge in [-0.1, -0.05) is 24.3 Å². The molecular formula is C28H22F2N4O. The Kier molecular flexibility index (Phi) is 5.97. The zero-order valence-corrected chi connectivity index (χ0v) is 18.8. The number of nitrogens with one attached hydrogen (secondary N) is 3. The Morgan fingerprint density at radius 3 is 2.54 bits per heavy atom. The van der Waals surface area contributed by atoms with E-state index in [-0.39, 0.29) is 11.4 Å². The summed E-state index contributed by atoms with van der Waals surface area (Å²) in [6.07, 6.45) is 1.69. The lowest BCUT2D eigenvalue weighted by Gasteiger charge is -2.21. The lowest BCUT2D eigenvalue weighted by Crippen LogP contribution is -2.15. The molecule has 3 aromatic carbocycles. The molecule has 0 saturated carbocycles. The molecule has 0 aliphatic heterocycles. The minimum atomic E-state index is -0.478. The van der Waals surface area contributed by atoms with E-state index < -0.39 is 17.8 Å². The van der Waals surface area contributed by atoms with E-state index in [1.165, 1.54) is 24.3 Å². The first-order valence-electron chi connectivity index (χ1n) is 11.1. The van der Waals surface area contributed by atoms with Crippen molar-refractivity contribution >= 4 is 28.2 Å². The number of rotatable bonds is 6. The molecule has 35 heavy (non-hydrogen) atoms. The van der Waals surface area contributed by atoms with Crippen LogP contribution in [-0.4, -0.2) is 15.9 Å². The number of carbonyl (C=O) groups excluding carboxylic acids is 1. The van der Waals surface area contributed by atoms with Gasteiger partial charge in [0.1, 0.15) is 11.6 Å². The van der Waals surface area contributed by atoms with Gasteiger partial charge in [-0.15, -0.1) is 0 Å². The van der Waals surface area contributed by atoms with E-state index in [4.69, 9.17) is 0 Å². The van der Waals surface area contributed by atoms with Crippen molar-refractivity contribution in [2.75, 3.05) is 10.6 Å². The van der Waals surface area contributed by atoms with Crippen LogP contribution in [0, 0.1) is 18.6 Å². The molecule has 0 aliphatic carbocycles. The summed E-state index contributed by atoms with van der Waals surface area (Å²) in [6, 6.07) is 22.6. The summed E-state index contributed by atoms with van der Waals surface area (Å²) in [7, 11) is 0. The van der Waals surface area contributed by atoms with E-state index in [0.717, 1.165) is 22.2 Å². The Balaban J connectivity index is 1.57. The summed E-state index contributed by atoms with van der Waals surface area (Å²) < 4.78 is 28.1. The van der Waals surface area contributed by atoms with E-state index in [9.17, 15) is 13.6 Å². The van der Waals surface area contributed by atoms with E-state index in [2.05, 4.69) is 20.6 Å². The largest absolute Gasteiger partial charge is 0.370 e. The number of carbonyl (C=O) groups is 1. The number of halogens is 2. The molecule has 174 valence electrons. The molecule has 3 N–H and O–H groups in total. The molecule has 2 aromatic heterocycles. The average Bonchev–Trinajstić information content (AvgIpc) is 3.19. The minimum absolute atomic E-state index is 0.225. The predicted octanol–water partition coefficient (Wildman–Crippen LogP) is 6.60. The number of benzene rings is 3. The van der Waals surface area contributed by atoms with Crippen LogP contribution in [0.15, 0.2) is 91.1 Å². The maximum Gasteiger partial charge on any atom is 0.255 e. The summed E-state index contributed by atoms with van der Waals surface area (Å²) in [5.74, 6) is -1.26. The molecule has 0 bridgehead atoms. The third-order valence-electron chi connectivity index (χ3n) is 5.83. The number of hydrogen-bond acceptors (Lipinski definition) is 3. The zero-order chi connectivity index (χ0) is 24.4. The number of hydrogen-bond donors (Lipinski definition) is 3. The third kappa shape index (κ3) is 4.61. The highest BCUT2D eigenvalue weighted by Gasteiger charge is 2.23. The highest BCUT2D eigenvalue weighted by Crippen LogP contribution is 2.35. The van der Waals surface area contributed by atoms with Gasteiger partial charge in [0.25, 0.3) is 5.91 Å². The first-order chi connectivity index (χ1) is 17.0. The number of para-hydroxylation sites is 1. The SMILES string of the molecule is Cc1[nH]c2ccc(NC(=O)c3cccc(F)c3)cc2c1[C@H](Nc1ccccc1F)c1ccccn1. The average molecular weight is 469 g/mol. The van der Waals surface area contributed by atoms with Crippen molar-refractivity contribution in [3.63, 3.8) is 0 Å². The van der Waals surface area contributed by atoms with Crippen LogP contribution in [0.5, 0.6) is 0 Å². The van der Waals surface area contributed by atoms with Crippen LogP contribution >= 0.6 is 0 Å². The molecule has 5 nitrogen and oxygen atoms in total. The maximum absolute atomic E-state index is 14.6. The normalized spacial score (nSPS) is 11.9. The lowest BCUT2D eigenvalue weighted by molar-refractivity contribution is 0.102. The quantitative estimate of drug-likeness (QED) is 0.263. The van der Waals surface area contributed by atoms with Crippen molar-refractivity contribution in [1.82, 2.24) is 9.97 Å². The van der Waals surface area contributed by atoms with Crippen molar-refractivity contribution < 1.29 is 13.6 Å². The summed E-state index contributed by atoms with van der Waals surface area (Å²) in [5.41, 5.74) is 4.47. The number of amides is 1. The highest BCUT2D eigenvalue weighted by atomic mass is 19.1. The number of nitrogens with zero attached hydrogens (tertiary/aromatic N) is 1. The Bertz CT molecular complexity index is 1510. The standard InChI is InChI=1S/C28H22F2N4O/c1-17-26(27(25-11-4-5-14-31-25)34-24-10-3-2-9-22(24)30)21-16-20(12-13-23(21)32-17)33-28(35)18-7-6-8-19(29)15-18/h2-16,27,32,34H,1H3,(H,33,35)/t27-/m1/s1. The summed E-state index contributed by atoms with van der Waals surface area (Å²) >= 11 is 0. The van der Waals surface area contributed by atoms with Gasteiger partial charge in [-0.3, -0.25) is 9.78 Å². The van der Waals surface area contributed by atoms with E-state index >= 15 is 0 Å². The molecule has 0 spiro atoms. The van der Waals surface area contributed by atoms with Crippen LogP contribution in [0.3, 0.4) is 0 Å². The van der Waals surface area contributed by atoms with Gasteiger partial charge in [0.05, 0.1) is 17.4 Å². The molecule has 0 fully saturated rings. The van der Waals surface area contributed by atoms with Gasteiger partial charge in [0.2, 0.25) is 0 Å². The van der Waals surface area contributed by atoms with E-state index in [1.807, 2.05) is 37.3 Å². The van der Waals surface area contributed by atoms with Crippen LogP contribution in [-0.2, 0) is 0 Å². The second-order valence-corrected chi connectivity index (χ2v) is 8.20. The molecule has 0 radical (unpaired) electrons. The second-order valence-electron chi connectivity index (χ2n) is 8.20. The number of pyridine rings is 1. The summed E-state index contributed by atoms with van der Waals surface area (Å²) in [6.45, 7) is 1.94. The van der Waals surface area contributed by atoms with Crippen molar-refractivity contribution in [2.45, 2.75) is 13.0 Å². The topological polar surface area (TPSA) is 69.8 Å². The van der Waals surface area contributed by atoms with Gasteiger partial charge < -0.3 is 15.6 Å². The molecule has 1 atom stereocenters. The van der Waals surface area contributed by atoms with Crippen LogP contribution in [0.4, 0.5) is 20.2 Å². The van der Waals surface area contributed by atoms with Gasteiger partial charge in [-0.2, -0.15) is 0 Å². The Morgan fingerprint density at radius 2 is 1.77 bits per heavy atom. The van der Waals surface area contributed by atoms with Crippen LogP contribution < -0.4 is 10.6 Å². The van der Waals surface area contributed by atoms with E-state index in [1.54, 1.807) is 36.5 Å². The van der Waals surface area contributed by atoms with Crippen molar-refractivity contribution in [1.29, 1.82) is 0 Å². The Hall–Kier alpha value is -4.52. The highest BCUT2D eigenvalue weighted by molar-refractivity contribution is 6.05. The first-order valence-corrected chi connectivity index (χ1v) is 11.1. The molecule has 5 aromatic rings. The van der Waals surface area contributed by atoms with Crippen LogP contribution in [0.25, 0.3) is 10.9 Å². The van der Waals surface area contributed by atoms with Gasteiger partial charge >= 0.3 is 0 Å². The monoisotopic (exact) mass is 468 g/mol. The van der Waals surface area contributed by atoms with Crippen LogP contribution in [0.2, 0.25) is 0 Å². The smallest absolute Gasteiger partial charge is 0.255 e. The number of anilines is 2. The summed E-state index contributed by atoms with van der Waals surface area (Å²) in [5, 5.41) is 6.99. The summed E-state index contributed by atoms with van der Waals surface area (Å²) in [4.78, 5) is 20.6. The van der Waals surface area contributed by atoms with Gasteiger partial charge in [0, 0.05) is 39.6 Å². The molecule has 2 heterocycles. The first kappa shape index (κ1) is 22.3. The van der Waals surface area contributed by atoms with Crippen molar-refractivity contribution in [3.8, 4) is 0 Å².